The number of nitrogens with zero attached hydrogens (tertiary/aromatic N) is 3. The maximum absolute atomic E-state index is 14.7. The van der Waals surface area contributed by atoms with Crippen LogP contribution in [0.1, 0.15) is 38.5 Å². The highest BCUT2D eigenvalue weighted by atomic mass is 16.2. The van der Waals surface area contributed by atoms with E-state index in [-0.39, 0.29) is 17.7 Å². The predicted molar refractivity (Wildman–Crippen MR) is 159 cm³/mol. The molecule has 4 aliphatic rings. The third kappa shape index (κ3) is 3.19. The van der Waals surface area contributed by atoms with Crippen LogP contribution >= 0.6 is 0 Å². The standard InChI is InChI=1S/C35H24N4O3/c40-32(22-11-8-18-36-19-22)38-37-20-35-26-15-5-3-13-24(26)29(25-14-4-6-16-27(25)35)30-31(35)34(42)39(33(30)41)28-17-7-10-21-9-1-2-12-23(21)28/h1-20,29-31H,(H,38,40)/b37-20-/t29?,30-,31-,35?/m1/s1. The summed E-state index contributed by atoms with van der Waals surface area (Å²) in [7, 11) is 0. The summed E-state index contributed by atoms with van der Waals surface area (Å²) >= 11 is 0. The molecule has 4 aromatic carbocycles. The largest absolute Gasteiger partial charge is 0.274 e. The van der Waals surface area contributed by atoms with Gasteiger partial charge in [0.25, 0.3) is 5.91 Å². The molecule has 0 unspecified atom stereocenters. The Morgan fingerprint density at radius 1 is 0.810 bits per heavy atom. The third-order valence-corrected chi connectivity index (χ3v) is 9.05. The average molecular weight is 549 g/mol. The van der Waals surface area contributed by atoms with Gasteiger partial charge in [-0.3, -0.25) is 19.4 Å². The Balaban J connectivity index is 1.33. The Morgan fingerprint density at radius 3 is 2.24 bits per heavy atom. The van der Waals surface area contributed by atoms with Crippen molar-refractivity contribution >= 4 is 40.4 Å². The Kier molecular flexibility index (Phi) is 5.25. The predicted octanol–water partition coefficient (Wildman–Crippen LogP) is 5.20. The summed E-state index contributed by atoms with van der Waals surface area (Å²) in [4.78, 5) is 47.5. The van der Waals surface area contributed by atoms with Gasteiger partial charge in [-0.05, 0) is 45.8 Å². The molecule has 1 aromatic heterocycles. The van der Waals surface area contributed by atoms with Gasteiger partial charge >= 0.3 is 0 Å². The van der Waals surface area contributed by atoms with Gasteiger partial charge in [0, 0.05) is 29.9 Å². The molecule has 5 aromatic rings. The molecule has 1 aliphatic heterocycles. The van der Waals surface area contributed by atoms with E-state index in [9.17, 15) is 14.4 Å². The number of hydrogen-bond acceptors (Lipinski definition) is 5. The van der Waals surface area contributed by atoms with Crippen LogP contribution in [0.25, 0.3) is 10.8 Å². The van der Waals surface area contributed by atoms with E-state index in [0.29, 0.717) is 11.3 Å². The van der Waals surface area contributed by atoms with Crippen LogP contribution in [0.5, 0.6) is 0 Å². The van der Waals surface area contributed by atoms with Crippen LogP contribution in [0.3, 0.4) is 0 Å². The normalized spacial score (nSPS) is 23.6. The molecule has 7 nitrogen and oxygen atoms in total. The molecule has 0 radical (unpaired) electrons. The Morgan fingerprint density at radius 2 is 1.50 bits per heavy atom. The van der Waals surface area contributed by atoms with E-state index in [1.165, 1.54) is 11.1 Å². The van der Waals surface area contributed by atoms with Crippen LogP contribution in [0.15, 0.2) is 121 Å². The molecule has 1 saturated heterocycles. The zero-order valence-electron chi connectivity index (χ0n) is 22.3. The van der Waals surface area contributed by atoms with Crippen LogP contribution in [-0.4, -0.2) is 28.9 Å². The molecule has 9 rings (SSSR count). The number of hydrazone groups is 1. The molecule has 3 aliphatic carbocycles. The first-order chi connectivity index (χ1) is 20.6. The number of fused-ring (bicyclic) bond motifs is 1. The fourth-order valence-corrected chi connectivity index (χ4v) is 7.44. The zero-order valence-corrected chi connectivity index (χ0v) is 22.3. The molecule has 1 N–H and O–H groups in total. The van der Waals surface area contributed by atoms with Gasteiger partial charge in [-0.25, -0.2) is 10.3 Å². The summed E-state index contributed by atoms with van der Waals surface area (Å²) in [5.74, 6) is -2.53. The lowest BCUT2D eigenvalue weighted by Gasteiger charge is -2.52. The Bertz CT molecular complexity index is 1920. The number of nitrogens with one attached hydrogen (secondary N) is 1. The number of rotatable bonds is 4. The van der Waals surface area contributed by atoms with Gasteiger partial charge in [0.15, 0.2) is 0 Å². The summed E-state index contributed by atoms with van der Waals surface area (Å²) in [6.45, 7) is 0. The maximum atomic E-state index is 14.7. The van der Waals surface area contributed by atoms with Crippen molar-refractivity contribution < 1.29 is 14.4 Å². The molecule has 3 amide bonds. The number of carbonyl (C=O) groups is 3. The van der Waals surface area contributed by atoms with Gasteiger partial charge in [-0.1, -0.05) is 84.9 Å². The van der Waals surface area contributed by atoms with Crippen molar-refractivity contribution in [3.05, 3.63) is 143 Å². The summed E-state index contributed by atoms with van der Waals surface area (Å²) < 4.78 is 0. The number of aromatic nitrogens is 1. The first-order valence-electron chi connectivity index (χ1n) is 13.9. The number of hydrogen-bond donors (Lipinski definition) is 1. The second-order valence-electron chi connectivity index (χ2n) is 11.0. The minimum atomic E-state index is -1.07. The second kappa shape index (κ2) is 9.04. The van der Waals surface area contributed by atoms with Crippen molar-refractivity contribution in [3.8, 4) is 0 Å². The highest BCUT2D eigenvalue weighted by Gasteiger charge is 2.68. The highest BCUT2D eigenvalue weighted by molar-refractivity contribution is 6.27. The molecular weight excluding hydrogens is 524 g/mol. The second-order valence-corrected chi connectivity index (χ2v) is 11.0. The number of carbonyl (C=O) groups excluding carboxylic acids is 3. The molecule has 0 saturated carbocycles. The minimum absolute atomic E-state index is 0.215. The minimum Gasteiger partial charge on any atom is -0.274 e. The van der Waals surface area contributed by atoms with Crippen LogP contribution in [-0.2, 0) is 15.0 Å². The Labute approximate surface area is 241 Å². The summed E-state index contributed by atoms with van der Waals surface area (Å²) in [6, 6.07) is 32.8. The van der Waals surface area contributed by atoms with Crippen LogP contribution in [0.4, 0.5) is 5.69 Å². The van der Waals surface area contributed by atoms with Gasteiger partial charge in [0.1, 0.15) is 0 Å². The van der Waals surface area contributed by atoms with E-state index < -0.39 is 23.2 Å². The van der Waals surface area contributed by atoms with Crippen molar-refractivity contribution in [3.63, 3.8) is 0 Å². The monoisotopic (exact) mass is 548 g/mol. The number of anilines is 1. The maximum Gasteiger partial charge on any atom is 0.272 e. The first-order valence-corrected chi connectivity index (χ1v) is 13.9. The smallest absolute Gasteiger partial charge is 0.272 e. The van der Waals surface area contributed by atoms with E-state index in [1.807, 2.05) is 91.0 Å². The number of amides is 3. The fraction of sp³-hybridized carbons (Fsp3) is 0.114. The fourth-order valence-electron chi connectivity index (χ4n) is 7.44. The van der Waals surface area contributed by atoms with Crippen molar-refractivity contribution in [2.24, 2.45) is 16.9 Å². The lowest BCUT2D eigenvalue weighted by atomic mass is 9.47. The lowest BCUT2D eigenvalue weighted by Crippen LogP contribution is -2.54. The van der Waals surface area contributed by atoms with Gasteiger partial charge < -0.3 is 0 Å². The quantitative estimate of drug-likeness (QED) is 0.190. The van der Waals surface area contributed by atoms with Crippen LogP contribution in [0, 0.1) is 11.8 Å². The van der Waals surface area contributed by atoms with E-state index in [0.717, 1.165) is 33.0 Å². The van der Waals surface area contributed by atoms with Gasteiger partial charge in [-0.15, -0.1) is 0 Å². The summed E-state index contributed by atoms with van der Waals surface area (Å²) in [5, 5.41) is 6.26. The molecule has 202 valence electrons. The van der Waals surface area contributed by atoms with E-state index in [4.69, 9.17) is 0 Å². The van der Waals surface area contributed by atoms with Crippen molar-refractivity contribution in [1.29, 1.82) is 0 Å². The Hall–Kier alpha value is -5.43. The van der Waals surface area contributed by atoms with E-state index >= 15 is 0 Å². The summed E-state index contributed by atoms with van der Waals surface area (Å²) in [6.07, 6.45) is 4.73. The van der Waals surface area contributed by atoms with Crippen molar-refractivity contribution in [2.45, 2.75) is 11.3 Å². The number of benzene rings is 4. The first kappa shape index (κ1) is 24.4. The number of pyridine rings is 1. The van der Waals surface area contributed by atoms with Crippen LogP contribution < -0.4 is 10.3 Å². The molecule has 2 bridgehead atoms. The topological polar surface area (TPSA) is 91.7 Å². The molecule has 1 fully saturated rings. The van der Waals surface area contributed by atoms with E-state index in [2.05, 4.69) is 15.5 Å². The molecule has 42 heavy (non-hydrogen) atoms. The molecule has 7 heteroatoms. The SMILES string of the molecule is O=C(N/N=C\C12c3ccccc3C(c3ccccc31)[C@H]1C(=O)N(c3cccc4ccccc34)C(=O)[C@@H]12)c1cccnc1. The molecular formula is C35H24N4O3. The highest BCUT2D eigenvalue weighted by Crippen LogP contribution is 2.63. The van der Waals surface area contributed by atoms with Gasteiger partial charge in [0.2, 0.25) is 11.8 Å². The van der Waals surface area contributed by atoms with Crippen molar-refractivity contribution in [2.75, 3.05) is 4.90 Å². The van der Waals surface area contributed by atoms with E-state index in [1.54, 1.807) is 24.5 Å². The van der Waals surface area contributed by atoms with Gasteiger partial charge in [0.05, 0.1) is 28.5 Å². The average Bonchev–Trinajstić information content (AvgIpc) is 3.31. The van der Waals surface area contributed by atoms with Gasteiger partial charge in [-0.2, -0.15) is 5.10 Å². The number of imide groups is 1. The molecule has 2 heterocycles. The lowest BCUT2D eigenvalue weighted by molar-refractivity contribution is -0.122. The molecule has 0 spiro atoms. The third-order valence-electron chi connectivity index (χ3n) is 9.05. The van der Waals surface area contributed by atoms with Crippen LogP contribution in [0.2, 0.25) is 0 Å². The molecule has 2 atom stereocenters. The van der Waals surface area contributed by atoms with Crippen molar-refractivity contribution in [1.82, 2.24) is 10.4 Å². The summed E-state index contributed by atoms with van der Waals surface area (Å²) in [5.41, 5.74) is 6.38. The zero-order chi connectivity index (χ0) is 28.4.